The summed E-state index contributed by atoms with van der Waals surface area (Å²) < 4.78 is 19.2. The number of aliphatic hydroxyl groups is 1. The molecule has 1 aliphatic heterocycles. The molecule has 0 aliphatic carbocycles. The molecule has 0 bridgehead atoms. The van der Waals surface area contributed by atoms with Crippen LogP contribution >= 0.6 is 0 Å². The molecule has 1 aliphatic rings. The summed E-state index contributed by atoms with van der Waals surface area (Å²) in [5, 5.41) is 10.8. The fourth-order valence-corrected chi connectivity index (χ4v) is 4.66. The first-order valence-corrected chi connectivity index (χ1v) is 11.2. The molecular formula is C26H27FN4O2. The number of aromatic nitrogens is 3. The van der Waals surface area contributed by atoms with E-state index in [1.807, 2.05) is 6.20 Å². The molecule has 0 spiro atoms. The highest BCUT2D eigenvalue weighted by molar-refractivity contribution is 5.97. The average Bonchev–Trinajstić information content (AvgIpc) is 3.17. The van der Waals surface area contributed by atoms with Crippen LogP contribution in [0.25, 0.3) is 33.3 Å². The van der Waals surface area contributed by atoms with Gasteiger partial charge in [-0.2, -0.15) is 4.39 Å². The van der Waals surface area contributed by atoms with Crippen LogP contribution in [0, 0.1) is 5.95 Å². The maximum Gasteiger partial charge on any atom is 0.213 e. The molecule has 1 saturated heterocycles. The average molecular weight is 447 g/mol. The van der Waals surface area contributed by atoms with Crippen LogP contribution < -0.4 is 0 Å². The first-order valence-electron chi connectivity index (χ1n) is 11.2. The van der Waals surface area contributed by atoms with E-state index in [9.17, 15) is 9.50 Å². The number of nitrogens with zero attached hydrogens (tertiary/aromatic N) is 3. The third-order valence-corrected chi connectivity index (χ3v) is 6.21. The van der Waals surface area contributed by atoms with Crippen LogP contribution in [0.15, 0.2) is 54.9 Å². The number of halogens is 1. The van der Waals surface area contributed by atoms with Crippen molar-refractivity contribution in [3.05, 3.63) is 72.1 Å². The topological polar surface area (TPSA) is 74.3 Å². The summed E-state index contributed by atoms with van der Waals surface area (Å²) in [6.07, 6.45) is 5.03. The van der Waals surface area contributed by atoms with Crippen molar-refractivity contribution in [3.63, 3.8) is 0 Å². The maximum atomic E-state index is 13.9. The summed E-state index contributed by atoms with van der Waals surface area (Å²) >= 11 is 0. The van der Waals surface area contributed by atoms with E-state index in [0.717, 1.165) is 71.5 Å². The molecule has 33 heavy (non-hydrogen) atoms. The molecule has 3 aromatic heterocycles. The molecule has 0 saturated carbocycles. The number of aromatic amines is 1. The standard InChI is InChI=1S/C26H27FN4O2/c1-33-16-23-25(19-8-9-28-24(27)12-19)22-11-20(13-29-26(22)30-23)18-6-4-17(5-7-18)14-31-10-2-3-21(32)15-31/h4-9,11-13,21,32H,2-3,10,14-16H2,1H3,(H,29,30). The second-order valence-electron chi connectivity index (χ2n) is 8.63. The first-order chi connectivity index (χ1) is 16.1. The predicted molar refractivity (Wildman–Crippen MR) is 126 cm³/mol. The number of piperidine rings is 1. The Labute approximate surface area is 192 Å². The Balaban J connectivity index is 1.47. The Morgan fingerprint density at radius 1 is 1.12 bits per heavy atom. The van der Waals surface area contributed by atoms with Crippen molar-refractivity contribution in [2.24, 2.45) is 0 Å². The number of aliphatic hydroxyl groups excluding tert-OH is 1. The maximum absolute atomic E-state index is 13.9. The van der Waals surface area contributed by atoms with Gasteiger partial charge in [-0.1, -0.05) is 24.3 Å². The number of hydrogen-bond donors (Lipinski definition) is 2. The highest BCUT2D eigenvalue weighted by atomic mass is 19.1. The van der Waals surface area contributed by atoms with Gasteiger partial charge in [0.25, 0.3) is 0 Å². The molecule has 0 amide bonds. The molecule has 2 N–H and O–H groups in total. The zero-order valence-corrected chi connectivity index (χ0v) is 18.6. The van der Waals surface area contributed by atoms with E-state index in [0.29, 0.717) is 6.61 Å². The second-order valence-corrected chi connectivity index (χ2v) is 8.63. The van der Waals surface area contributed by atoms with Crippen molar-refractivity contribution in [2.75, 3.05) is 20.2 Å². The molecule has 1 atom stereocenters. The molecule has 5 rings (SSSR count). The van der Waals surface area contributed by atoms with Crippen molar-refractivity contribution in [2.45, 2.75) is 32.1 Å². The Bertz CT molecular complexity index is 1260. The number of benzene rings is 1. The normalized spacial score (nSPS) is 17.0. The van der Waals surface area contributed by atoms with E-state index in [1.165, 1.54) is 17.8 Å². The van der Waals surface area contributed by atoms with Crippen LogP contribution in [0.2, 0.25) is 0 Å². The quantitative estimate of drug-likeness (QED) is 0.426. The lowest BCUT2D eigenvalue weighted by Crippen LogP contribution is -2.37. The molecule has 6 nitrogen and oxygen atoms in total. The number of likely N-dealkylation sites (tertiary alicyclic amines) is 1. The zero-order chi connectivity index (χ0) is 22.8. The molecule has 0 radical (unpaired) electrons. The Morgan fingerprint density at radius 3 is 2.73 bits per heavy atom. The zero-order valence-electron chi connectivity index (χ0n) is 18.6. The fourth-order valence-electron chi connectivity index (χ4n) is 4.66. The van der Waals surface area contributed by atoms with Gasteiger partial charge in [0, 0.05) is 55.2 Å². The Hall–Kier alpha value is -3.13. The lowest BCUT2D eigenvalue weighted by Gasteiger charge is -2.29. The molecule has 7 heteroatoms. The van der Waals surface area contributed by atoms with Crippen molar-refractivity contribution in [3.8, 4) is 22.3 Å². The van der Waals surface area contributed by atoms with Gasteiger partial charge >= 0.3 is 0 Å². The Kier molecular flexibility index (Phi) is 6.17. The van der Waals surface area contributed by atoms with Crippen LogP contribution in [0.4, 0.5) is 4.39 Å². The van der Waals surface area contributed by atoms with Crippen LogP contribution in [0.1, 0.15) is 24.1 Å². The minimum atomic E-state index is -0.522. The highest BCUT2D eigenvalue weighted by Gasteiger charge is 2.18. The van der Waals surface area contributed by atoms with Gasteiger partial charge in [-0.25, -0.2) is 9.97 Å². The SMILES string of the molecule is COCc1[nH]c2ncc(-c3ccc(CN4CCCC(O)C4)cc3)cc2c1-c1ccnc(F)c1. The number of nitrogens with one attached hydrogen (secondary N) is 1. The van der Waals surface area contributed by atoms with Crippen LogP contribution in [0.5, 0.6) is 0 Å². The smallest absolute Gasteiger partial charge is 0.213 e. The number of fused-ring (bicyclic) bond motifs is 1. The first kappa shape index (κ1) is 21.7. The number of rotatable bonds is 6. The molecular weight excluding hydrogens is 419 g/mol. The number of ether oxygens (including phenoxy) is 1. The van der Waals surface area contributed by atoms with Gasteiger partial charge in [-0.05, 0) is 48.2 Å². The lowest BCUT2D eigenvalue weighted by atomic mass is 10.00. The van der Waals surface area contributed by atoms with Crippen molar-refractivity contribution < 1.29 is 14.2 Å². The van der Waals surface area contributed by atoms with Gasteiger partial charge in [-0.15, -0.1) is 0 Å². The van der Waals surface area contributed by atoms with Crippen molar-refractivity contribution in [1.29, 1.82) is 0 Å². The monoisotopic (exact) mass is 446 g/mol. The molecule has 1 aromatic carbocycles. The predicted octanol–water partition coefficient (Wildman–Crippen LogP) is 4.53. The Morgan fingerprint density at radius 2 is 1.97 bits per heavy atom. The van der Waals surface area contributed by atoms with Gasteiger partial charge in [0.15, 0.2) is 0 Å². The second kappa shape index (κ2) is 9.39. The van der Waals surface area contributed by atoms with Gasteiger partial charge in [0.2, 0.25) is 5.95 Å². The van der Waals surface area contributed by atoms with E-state index in [-0.39, 0.29) is 6.10 Å². The molecule has 170 valence electrons. The number of pyridine rings is 2. The van der Waals surface area contributed by atoms with Gasteiger partial charge in [-0.3, -0.25) is 4.90 Å². The van der Waals surface area contributed by atoms with E-state index in [2.05, 4.69) is 50.2 Å². The van der Waals surface area contributed by atoms with Gasteiger partial charge in [0.1, 0.15) is 5.65 Å². The van der Waals surface area contributed by atoms with E-state index in [4.69, 9.17) is 4.74 Å². The number of H-pyrrole nitrogens is 1. The summed E-state index contributed by atoms with van der Waals surface area (Å²) in [6.45, 7) is 2.96. The summed E-state index contributed by atoms with van der Waals surface area (Å²) in [5.74, 6) is -0.522. The highest BCUT2D eigenvalue weighted by Crippen LogP contribution is 2.34. The van der Waals surface area contributed by atoms with E-state index < -0.39 is 5.95 Å². The number of β-amino-alcohol motifs (C(OH)–C–C–N with tert-alkyl or cyclic N) is 1. The van der Waals surface area contributed by atoms with Crippen LogP contribution in [-0.4, -0.2) is 51.3 Å². The number of hydrogen-bond acceptors (Lipinski definition) is 5. The van der Waals surface area contributed by atoms with Gasteiger partial charge < -0.3 is 14.8 Å². The molecule has 4 aromatic rings. The molecule has 1 fully saturated rings. The molecule has 1 unspecified atom stereocenters. The summed E-state index contributed by atoms with van der Waals surface area (Å²) in [7, 11) is 1.63. The lowest BCUT2D eigenvalue weighted by molar-refractivity contribution is 0.0668. The minimum absolute atomic E-state index is 0.219. The van der Waals surface area contributed by atoms with Crippen molar-refractivity contribution >= 4 is 11.0 Å². The van der Waals surface area contributed by atoms with Crippen LogP contribution in [0.3, 0.4) is 0 Å². The largest absolute Gasteiger partial charge is 0.392 e. The van der Waals surface area contributed by atoms with Crippen LogP contribution in [-0.2, 0) is 17.9 Å². The minimum Gasteiger partial charge on any atom is -0.392 e. The molecule has 4 heterocycles. The number of methoxy groups -OCH3 is 1. The fraction of sp³-hybridized carbons (Fsp3) is 0.308. The summed E-state index contributed by atoms with van der Waals surface area (Å²) in [5.41, 5.74) is 6.47. The summed E-state index contributed by atoms with van der Waals surface area (Å²) in [6, 6.07) is 13.8. The van der Waals surface area contributed by atoms with Crippen molar-refractivity contribution in [1.82, 2.24) is 19.9 Å². The summed E-state index contributed by atoms with van der Waals surface area (Å²) in [4.78, 5) is 13.9. The van der Waals surface area contributed by atoms with E-state index in [1.54, 1.807) is 13.2 Å². The third-order valence-electron chi connectivity index (χ3n) is 6.21. The third kappa shape index (κ3) is 4.66. The van der Waals surface area contributed by atoms with Gasteiger partial charge in [0.05, 0.1) is 18.4 Å². The van der Waals surface area contributed by atoms with E-state index >= 15 is 0 Å².